The summed E-state index contributed by atoms with van der Waals surface area (Å²) in [5.74, 6) is -1.31. The third-order valence-corrected chi connectivity index (χ3v) is 4.02. The van der Waals surface area contributed by atoms with E-state index >= 15 is 0 Å². The van der Waals surface area contributed by atoms with E-state index in [0.717, 1.165) is 0 Å². The Balaban J connectivity index is 2.69. The summed E-state index contributed by atoms with van der Waals surface area (Å²) in [5, 5.41) is 8.73. The molecule has 1 rings (SSSR count). The summed E-state index contributed by atoms with van der Waals surface area (Å²) in [7, 11) is -0.568. The van der Waals surface area contributed by atoms with Gasteiger partial charge in [0.05, 0.1) is 10.5 Å². The summed E-state index contributed by atoms with van der Waals surface area (Å²) in [6.45, 7) is -0.0139. The number of rotatable bonds is 6. The Morgan fingerprint density at radius 2 is 1.75 bits per heavy atom. The van der Waals surface area contributed by atoms with E-state index in [0.29, 0.717) is 0 Å². The van der Waals surface area contributed by atoms with Gasteiger partial charge < -0.3 is 10.0 Å². The molecule has 1 aromatic rings. The fraction of sp³-hybridized carbons (Fsp3) is 0.333. The van der Waals surface area contributed by atoms with Gasteiger partial charge in [-0.2, -0.15) is 0 Å². The summed E-state index contributed by atoms with van der Waals surface area (Å²) in [4.78, 5) is 23.3. The standard InChI is InChI=1S/C12H16N2O5S/c1-14(2)11(15)7-8-13-20(18,19)10-5-3-9(4-6-10)12(16)17/h3-6,13H,7-8H2,1-2H3,(H,16,17). The molecular formula is C12H16N2O5S. The third-order valence-electron chi connectivity index (χ3n) is 2.54. The monoisotopic (exact) mass is 300 g/mol. The topological polar surface area (TPSA) is 104 Å². The first-order valence-corrected chi connectivity index (χ1v) is 7.25. The highest BCUT2D eigenvalue weighted by Gasteiger charge is 2.15. The van der Waals surface area contributed by atoms with Crippen LogP contribution < -0.4 is 4.72 Å². The summed E-state index contributed by atoms with van der Waals surface area (Å²) in [6, 6.07) is 4.84. The molecule has 110 valence electrons. The number of sulfonamides is 1. The lowest BCUT2D eigenvalue weighted by Gasteiger charge is -2.11. The first-order valence-electron chi connectivity index (χ1n) is 5.77. The minimum atomic E-state index is -3.74. The fourth-order valence-corrected chi connectivity index (χ4v) is 2.41. The van der Waals surface area contributed by atoms with Gasteiger partial charge >= 0.3 is 5.97 Å². The number of nitrogens with zero attached hydrogens (tertiary/aromatic N) is 1. The maximum Gasteiger partial charge on any atom is 0.335 e. The SMILES string of the molecule is CN(C)C(=O)CCNS(=O)(=O)c1ccc(C(=O)O)cc1. The number of aromatic carboxylic acids is 1. The van der Waals surface area contributed by atoms with E-state index in [-0.39, 0.29) is 29.3 Å². The lowest BCUT2D eigenvalue weighted by Crippen LogP contribution is -2.30. The summed E-state index contributed by atoms with van der Waals surface area (Å²) >= 11 is 0. The molecule has 0 heterocycles. The van der Waals surface area contributed by atoms with Crippen LogP contribution in [0.15, 0.2) is 29.2 Å². The van der Waals surface area contributed by atoms with Crippen LogP contribution in [0.25, 0.3) is 0 Å². The van der Waals surface area contributed by atoms with E-state index < -0.39 is 16.0 Å². The lowest BCUT2D eigenvalue weighted by molar-refractivity contribution is -0.128. The molecule has 0 unspecified atom stereocenters. The molecular weight excluding hydrogens is 284 g/mol. The van der Waals surface area contributed by atoms with Crippen LogP contribution in [0.5, 0.6) is 0 Å². The molecule has 0 aliphatic carbocycles. The minimum Gasteiger partial charge on any atom is -0.478 e. The average Bonchev–Trinajstić information content (AvgIpc) is 2.38. The van der Waals surface area contributed by atoms with Gasteiger partial charge in [-0.15, -0.1) is 0 Å². The van der Waals surface area contributed by atoms with Crippen molar-refractivity contribution >= 4 is 21.9 Å². The van der Waals surface area contributed by atoms with Gasteiger partial charge in [0.1, 0.15) is 0 Å². The second-order valence-corrected chi connectivity index (χ2v) is 6.03. The van der Waals surface area contributed by atoms with Crippen LogP contribution in [0.1, 0.15) is 16.8 Å². The van der Waals surface area contributed by atoms with Gasteiger partial charge in [0.15, 0.2) is 0 Å². The van der Waals surface area contributed by atoms with Crippen molar-refractivity contribution in [2.45, 2.75) is 11.3 Å². The molecule has 0 spiro atoms. The van der Waals surface area contributed by atoms with Crippen molar-refractivity contribution in [2.75, 3.05) is 20.6 Å². The van der Waals surface area contributed by atoms with Crippen molar-refractivity contribution in [3.63, 3.8) is 0 Å². The summed E-state index contributed by atoms with van der Waals surface area (Å²) in [6.07, 6.45) is 0.0550. The number of carboxylic acids is 1. The second kappa shape index (κ2) is 6.49. The lowest BCUT2D eigenvalue weighted by atomic mass is 10.2. The van der Waals surface area contributed by atoms with Gasteiger partial charge in [-0.05, 0) is 24.3 Å². The van der Waals surface area contributed by atoms with E-state index in [9.17, 15) is 18.0 Å². The average molecular weight is 300 g/mol. The summed E-state index contributed by atoms with van der Waals surface area (Å²) < 4.78 is 26.0. The molecule has 0 atom stereocenters. The Morgan fingerprint density at radius 3 is 2.20 bits per heavy atom. The number of hydrogen-bond acceptors (Lipinski definition) is 4. The zero-order valence-electron chi connectivity index (χ0n) is 11.2. The van der Waals surface area contributed by atoms with Crippen LogP contribution in [0.2, 0.25) is 0 Å². The Labute approximate surface area is 117 Å². The molecule has 7 nitrogen and oxygen atoms in total. The molecule has 0 fully saturated rings. The van der Waals surface area contributed by atoms with Crippen molar-refractivity contribution < 1.29 is 23.1 Å². The van der Waals surface area contributed by atoms with E-state index in [1.165, 1.54) is 29.2 Å². The quantitative estimate of drug-likeness (QED) is 0.778. The molecule has 0 saturated heterocycles. The van der Waals surface area contributed by atoms with Gasteiger partial charge in [-0.3, -0.25) is 4.79 Å². The fourth-order valence-electron chi connectivity index (χ4n) is 1.38. The van der Waals surface area contributed by atoms with E-state index in [4.69, 9.17) is 5.11 Å². The number of carbonyl (C=O) groups is 2. The highest BCUT2D eigenvalue weighted by molar-refractivity contribution is 7.89. The Kier molecular flexibility index (Phi) is 5.23. The molecule has 0 bridgehead atoms. The van der Waals surface area contributed by atoms with Crippen molar-refractivity contribution in [1.82, 2.24) is 9.62 Å². The highest BCUT2D eigenvalue weighted by Crippen LogP contribution is 2.10. The van der Waals surface area contributed by atoms with Crippen LogP contribution in [-0.4, -0.2) is 50.9 Å². The Hall–Kier alpha value is -1.93. The maximum absolute atomic E-state index is 11.9. The van der Waals surface area contributed by atoms with Gasteiger partial charge in [0.25, 0.3) is 0 Å². The molecule has 1 aromatic carbocycles. The van der Waals surface area contributed by atoms with Crippen LogP contribution in [0.3, 0.4) is 0 Å². The van der Waals surface area contributed by atoms with Gasteiger partial charge in [0.2, 0.25) is 15.9 Å². The van der Waals surface area contributed by atoms with Gasteiger partial charge in [-0.1, -0.05) is 0 Å². The van der Waals surface area contributed by atoms with Gasteiger partial charge in [-0.25, -0.2) is 17.9 Å². The molecule has 8 heteroatoms. The number of carbonyl (C=O) groups excluding carboxylic acids is 1. The largest absolute Gasteiger partial charge is 0.478 e. The van der Waals surface area contributed by atoms with Crippen molar-refractivity contribution in [2.24, 2.45) is 0 Å². The number of hydrogen-bond donors (Lipinski definition) is 2. The van der Waals surface area contributed by atoms with Crippen molar-refractivity contribution in [3.05, 3.63) is 29.8 Å². The zero-order chi connectivity index (χ0) is 15.3. The van der Waals surface area contributed by atoms with Gasteiger partial charge in [0, 0.05) is 27.1 Å². The molecule has 2 N–H and O–H groups in total. The molecule has 1 amide bonds. The predicted octanol–water partition coefficient (Wildman–Crippen LogP) is 0.141. The van der Waals surface area contributed by atoms with Crippen LogP contribution in [0, 0.1) is 0 Å². The number of amides is 1. The Morgan fingerprint density at radius 1 is 1.20 bits per heavy atom. The zero-order valence-corrected chi connectivity index (χ0v) is 12.0. The molecule has 20 heavy (non-hydrogen) atoms. The second-order valence-electron chi connectivity index (χ2n) is 4.27. The maximum atomic E-state index is 11.9. The smallest absolute Gasteiger partial charge is 0.335 e. The van der Waals surface area contributed by atoms with Crippen LogP contribution in [0.4, 0.5) is 0 Å². The number of benzene rings is 1. The van der Waals surface area contributed by atoms with E-state index in [1.807, 2.05) is 0 Å². The minimum absolute atomic E-state index is 0.00624. The third kappa shape index (κ3) is 4.32. The van der Waals surface area contributed by atoms with Crippen molar-refractivity contribution in [3.8, 4) is 0 Å². The van der Waals surface area contributed by atoms with E-state index in [2.05, 4.69) is 4.72 Å². The van der Waals surface area contributed by atoms with Crippen LogP contribution in [-0.2, 0) is 14.8 Å². The molecule has 0 aliphatic rings. The first-order chi connectivity index (χ1) is 9.24. The number of nitrogens with one attached hydrogen (secondary N) is 1. The first kappa shape index (κ1) is 16.1. The molecule has 0 saturated carbocycles. The molecule has 0 aliphatic heterocycles. The Bertz CT molecular complexity index is 593. The van der Waals surface area contributed by atoms with E-state index in [1.54, 1.807) is 14.1 Å². The normalized spacial score (nSPS) is 11.1. The summed E-state index contributed by atoms with van der Waals surface area (Å²) in [5.41, 5.74) is 0.00624. The van der Waals surface area contributed by atoms with Crippen LogP contribution >= 0.6 is 0 Å². The predicted molar refractivity (Wildman–Crippen MR) is 71.9 cm³/mol. The molecule has 0 radical (unpaired) electrons. The highest BCUT2D eigenvalue weighted by atomic mass is 32.2. The number of carboxylic acid groups (broad SMARTS) is 1. The van der Waals surface area contributed by atoms with Crippen molar-refractivity contribution in [1.29, 1.82) is 0 Å². The molecule has 0 aromatic heterocycles.